The van der Waals surface area contributed by atoms with Crippen molar-refractivity contribution in [3.8, 4) is 0 Å². The van der Waals surface area contributed by atoms with Gasteiger partial charge >= 0.3 is 5.97 Å². The van der Waals surface area contributed by atoms with Gasteiger partial charge in [-0.05, 0) is 29.2 Å². The summed E-state index contributed by atoms with van der Waals surface area (Å²) < 4.78 is 0. The Morgan fingerprint density at radius 1 is 1.46 bits per heavy atom. The number of hydrogen-bond donors (Lipinski definition) is 3. The number of hydrogen-bond acceptors (Lipinski definition) is 11. The lowest BCUT2D eigenvalue weighted by Gasteiger charge is -2.49. The van der Waals surface area contributed by atoms with Crippen molar-refractivity contribution >= 4 is 69.6 Å². The lowest BCUT2D eigenvalue weighted by atomic mass is 10.0. The number of nitrogens with zero attached hydrogens (tertiary/aromatic N) is 4. The van der Waals surface area contributed by atoms with E-state index in [0.717, 1.165) is 17.0 Å². The predicted molar refractivity (Wildman–Crippen MR) is 135 cm³/mol. The summed E-state index contributed by atoms with van der Waals surface area (Å²) in [4.78, 5) is 51.9. The van der Waals surface area contributed by atoms with Crippen LogP contribution in [0.25, 0.3) is 6.08 Å². The number of aliphatic carboxylic acids is 1. The van der Waals surface area contributed by atoms with Crippen molar-refractivity contribution in [3.63, 3.8) is 0 Å². The lowest BCUT2D eigenvalue weighted by Crippen LogP contribution is -2.71. The predicted octanol–water partition coefficient (Wildman–Crippen LogP) is 1.61. The molecular formula is C21H20N6O5S3. The second-order valence-electron chi connectivity index (χ2n) is 7.18. The van der Waals surface area contributed by atoms with Crippen LogP contribution in [0.15, 0.2) is 51.6 Å². The molecule has 0 aromatic carbocycles. The summed E-state index contributed by atoms with van der Waals surface area (Å²) in [5.74, 6) is -1.54. The fraction of sp³-hybridized carbons (Fsp3) is 0.238. The van der Waals surface area contributed by atoms with Crippen molar-refractivity contribution in [1.29, 1.82) is 0 Å². The van der Waals surface area contributed by atoms with Gasteiger partial charge in [-0.3, -0.25) is 19.5 Å². The van der Waals surface area contributed by atoms with Gasteiger partial charge in [-0.1, -0.05) is 11.2 Å². The van der Waals surface area contributed by atoms with Crippen LogP contribution in [0.1, 0.15) is 11.4 Å². The first-order chi connectivity index (χ1) is 16.9. The van der Waals surface area contributed by atoms with E-state index in [1.807, 2.05) is 29.7 Å². The van der Waals surface area contributed by atoms with Crippen LogP contribution in [-0.2, 0) is 19.2 Å². The summed E-state index contributed by atoms with van der Waals surface area (Å²) in [6.07, 6.45) is 3.52. The van der Waals surface area contributed by atoms with Gasteiger partial charge in [0.05, 0.1) is 5.69 Å². The van der Waals surface area contributed by atoms with E-state index in [-0.39, 0.29) is 22.2 Å². The standard InChI is InChI=1S/C21H20N6O5S3/c1-32-26-14(13-10-35-21(22)24-13)17(28)25-15-18(29)27-16(20(30)31)11(9-34-19(15)27)8-33-7-5-12-4-2-3-6-23-12/h2-7,10,15,19H,8-9H2,1H3,(H2,22,24)(H,25,28)(H,30,31)/b7-5-,26-14-/t15?,19-/m1/s1. The molecule has 2 atom stereocenters. The zero-order chi connectivity index (χ0) is 24.9. The molecule has 2 amide bonds. The molecule has 35 heavy (non-hydrogen) atoms. The number of carboxylic acids is 1. The summed E-state index contributed by atoms with van der Waals surface area (Å²) in [5, 5.41) is 19.3. The third-order valence-corrected chi connectivity index (χ3v) is 7.84. The Bertz CT molecular complexity index is 1230. The number of pyridine rings is 1. The number of amides is 2. The van der Waals surface area contributed by atoms with Gasteiger partial charge in [-0.2, -0.15) is 0 Å². The number of carboxylic acid groups (broad SMARTS) is 1. The first-order valence-corrected chi connectivity index (χ1v) is 13.1. The van der Waals surface area contributed by atoms with Crippen molar-refractivity contribution in [2.45, 2.75) is 11.4 Å². The van der Waals surface area contributed by atoms with Gasteiger partial charge in [0.1, 0.15) is 29.9 Å². The van der Waals surface area contributed by atoms with E-state index in [9.17, 15) is 19.5 Å². The van der Waals surface area contributed by atoms with Gasteiger partial charge in [-0.15, -0.1) is 34.9 Å². The lowest BCUT2D eigenvalue weighted by molar-refractivity contribution is -0.150. The Kier molecular flexibility index (Phi) is 7.73. The van der Waals surface area contributed by atoms with Crippen LogP contribution in [0.5, 0.6) is 0 Å². The third kappa shape index (κ3) is 5.33. The number of fused-ring (bicyclic) bond motifs is 1. The van der Waals surface area contributed by atoms with E-state index in [2.05, 4.69) is 20.4 Å². The molecule has 11 nitrogen and oxygen atoms in total. The van der Waals surface area contributed by atoms with Gasteiger partial charge in [-0.25, -0.2) is 9.78 Å². The van der Waals surface area contributed by atoms with Gasteiger partial charge in [0.25, 0.3) is 11.8 Å². The van der Waals surface area contributed by atoms with Crippen molar-refractivity contribution in [2.75, 3.05) is 24.3 Å². The smallest absolute Gasteiger partial charge is 0.352 e. The molecule has 0 bridgehead atoms. The number of oxime groups is 1. The molecule has 0 saturated carbocycles. The second kappa shape index (κ2) is 10.9. The summed E-state index contributed by atoms with van der Waals surface area (Å²) in [6.45, 7) is 0. The summed E-state index contributed by atoms with van der Waals surface area (Å²) in [6, 6.07) is 4.66. The molecular weight excluding hydrogens is 512 g/mol. The van der Waals surface area contributed by atoms with Crippen LogP contribution in [0.3, 0.4) is 0 Å². The minimum absolute atomic E-state index is 0.0407. The molecule has 0 spiro atoms. The van der Waals surface area contributed by atoms with Crippen molar-refractivity contribution in [2.24, 2.45) is 5.16 Å². The SMILES string of the molecule is CO/N=C(\C(=O)NC1C(=O)N2C(C(=O)O)=C(CS/C=C\c3ccccn3)CS[C@H]12)c1csc(N)n1. The molecule has 0 aliphatic carbocycles. The fourth-order valence-corrected chi connectivity index (χ4v) is 6.23. The first-order valence-electron chi connectivity index (χ1n) is 10.1. The molecule has 4 N–H and O–H groups in total. The van der Waals surface area contributed by atoms with Gasteiger partial charge in [0, 0.05) is 23.1 Å². The van der Waals surface area contributed by atoms with Gasteiger partial charge in [0.2, 0.25) is 0 Å². The number of nitrogen functional groups attached to an aromatic ring is 1. The number of β-lactam (4-membered cyclic amide) rings is 1. The topological polar surface area (TPSA) is 160 Å². The number of nitrogens with one attached hydrogen (secondary N) is 1. The number of aromatic nitrogens is 2. The summed E-state index contributed by atoms with van der Waals surface area (Å²) in [7, 11) is 1.28. The van der Waals surface area contributed by atoms with E-state index in [1.54, 1.807) is 11.6 Å². The molecule has 0 radical (unpaired) electrons. The number of thioether (sulfide) groups is 2. The van der Waals surface area contributed by atoms with E-state index in [0.29, 0.717) is 17.1 Å². The molecule has 2 aliphatic rings. The highest BCUT2D eigenvalue weighted by Crippen LogP contribution is 2.41. The average Bonchev–Trinajstić information content (AvgIpc) is 3.29. The zero-order valence-electron chi connectivity index (χ0n) is 18.3. The number of rotatable bonds is 9. The Labute approximate surface area is 212 Å². The maximum absolute atomic E-state index is 12.9. The Hall–Kier alpha value is -3.36. The van der Waals surface area contributed by atoms with Crippen molar-refractivity contribution < 1.29 is 24.3 Å². The van der Waals surface area contributed by atoms with Crippen LogP contribution in [0, 0.1) is 0 Å². The van der Waals surface area contributed by atoms with E-state index in [1.165, 1.54) is 35.5 Å². The number of nitrogens with two attached hydrogens (primary N) is 1. The zero-order valence-corrected chi connectivity index (χ0v) is 20.7. The molecule has 1 fully saturated rings. The van der Waals surface area contributed by atoms with Gasteiger partial charge in [0.15, 0.2) is 10.8 Å². The molecule has 2 aromatic rings. The fourth-order valence-electron chi connectivity index (χ4n) is 3.44. The van der Waals surface area contributed by atoms with Crippen molar-refractivity contribution in [1.82, 2.24) is 20.2 Å². The number of carbonyl (C=O) groups excluding carboxylic acids is 2. The normalized spacial score (nSPS) is 20.0. The highest BCUT2D eigenvalue weighted by molar-refractivity contribution is 8.02. The summed E-state index contributed by atoms with van der Waals surface area (Å²) >= 11 is 3.94. The minimum Gasteiger partial charge on any atom is -0.477 e. The van der Waals surface area contributed by atoms with E-state index in [4.69, 9.17) is 10.6 Å². The average molecular weight is 533 g/mol. The molecule has 182 valence electrons. The largest absolute Gasteiger partial charge is 0.477 e. The molecule has 2 aliphatic heterocycles. The van der Waals surface area contributed by atoms with Crippen molar-refractivity contribution in [3.05, 3.63) is 57.8 Å². The quantitative estimate of drug-likeness (QED) is 0.246. The van der Waals surface area contributed by atoms with E-state index < -0.39 is 29.2 Å². The van der Waals surface area contributed by atoms with Crippen LogP contribution in [-0.4, -0.2) is 73.5 Å². The molecule has 1 unspecified atom stereocenters. The summed E-state index contributed by atoms with van der Waals surface area (Å²) in [5.41, 5.74) is 7.11. The maximum atomic E-state index is 12.9. The molecule has 14 heteroatoms. The van der Waals surface area contributed by atoms with Crippen LogP contribution in [0.4, 0.5) is 5.13 Å². The molecule has 2 aromatic heterocycles. The van der Waals surface area contributed by atoms with Crippen LogP contribution in [0.2, 0.25) is 0 Å². The van der Waals surface area contributed by atoms with E-state index >= 15 is 0 Å². The second-order valence-corrected chi connectivity index (χ2v) is 10.1. The Morgan fingerprint density at radius 2 is 2.29 bits per heavy atom. The number of thiazole rings is 1. The molecule has 4 rings (SSSR count). The Morgan fingerprint density at radius 3 is 2.94 bits per heavy atom. The first kappa shape index (κ1) is 24.8. The van der Waals surface area contributed by atoms with Gasteiger partial charge < -0.3 is 21.0 Å². The highest BCUT2D eigenvalue weighted by atomic mass is 32.2. The third-order valence-electron chi connectivity index (χ3n) is 4.98. The van der Waals surface area contributed by atoms with Crippen LogP contribution >= 0.6 is 34.9 Å². The minimum atomic E-state index is -1.18. The number of carbonyl (C=O) groups is 3. The Balaban J connectivity index is 1.44. The van der Waals surface area contributed by atoms with Crippen LogP contribution < -0.4 is 11.1 Å². The maximum Gasteiger partial charge on any atom is 0.352 e. The monoisotopic (exact) mass is 532 g/mol. The molecule has 1 saturated heterocycles. The molecule has 4 heterocycles. The number of anilines is 1. The highest BCUT2D eigenvalue weighted by Gasteiger charge is 2.54.